The number of nitrogens with two attached hydrogens (primary N) is 1. The third-order valence-corrected chi connectivity index (χ3v) is 8.03. The van der Waals surface area contributed by atoms with Gasteiger partial charge in [-0.3, -0.25) is 10.1 Å². The van der Waals surface area contributed by atoms with Crippen LogP contribution in [0, 0.1) is 37.5 Å². The molecular formula is C20H32N4O2S. The number of hydrogen-bond acceptors (Lipinski definition) is 4. The van der Waals surface area contributed by atoms with Crippen LogP contribution in [0.1, 0.15) is 63.9 Å². The fourth-order valence-electron chi connectivity index (χ4n) is 5.03. The molecule has 0 radical (unpaired) electrons. The van der Waals surface area contributed by atoms with Crippen LogP contribution in [0.5, 0.6) is 0 Å². The number of primary amides is 1. The number of aromatic nitrogens is 2. The molecule has 3 amide bonds. The molecule has 2 saturated carbocycles. The Morgan fingerprint density at radius 3 is 2.44 bits per heavy atom. The Kier molecular flexibility index (Phi) is 5.89. The molecule has 0 aliphatic heterocycles. The summed E-state index contributed by atoms with van der Waals surface area (Å²) in [4.78, 5) is 28.4. The quantitative estimate of drug-likeness (QED) is 0.720. The lowest BCUT2D eigenvalue weighted by Crippen LogP contribution is -2.42. The summed E-state index contributed by atoms with van der Waals surface area (Å²) in [5, 5.41) is 2.70. The number of carbonyl (C=O) groups is 2. The third kappa shape index (κ3) is 4.03. The molecular weight excluding hydrogens is 360 g/mol. The second kappa shape index (κ2) is 7.86. The van der Waals surface area contributed by atoms with Crippen LogP contribution in [0.4, 0.5) is 4.79 Å². The molecule has 0 saturated heterocycles. The van der Waals surface area contributed by atoms with Gasteiger partial charge in [0, 0.05) is 11.7 Å². The van der Waals surface area contributed by atoms with Gasteiger partial charge in [-0.25, -0.2) is 9.78 Å². The first-order chi connectivity index (χ1) is 12.7. The molecule has 0 spiro atoms. The molecule has 3 N–H and O–H groups in total. The van der Waals surface area contributed by atoms with Crippen LogP contribution in [0.15, 0.2) is 5.16 Å². The molecule has 2 fully saturated rings. The topological polar surface area (TPSA) is 90.0 Å². The van der Waals surface area contributed by atoms with E-state index >= 15 is 0 Å². The van der Waals surface area contributed by atoms with E-state index in [9.17, 15) is 9.59 Å². The molecule has 7 heteroatoms. The zero-order chi connectivity index (χ0) is 19.9. The van der Waals surface area contributed by atoms with E-state index in [0.29, 0.717) is 12.0 Å². The molecule has 6 nitrogen and oxygen atoms in total. The molecule has 2 aliphatic carbocycles. The lowest BCUT2D eigenvalue weighted by Gasteiger charge is -2.31. The van der Waals surface area contributed by atoms with Crippen molar-refractivity contribution >= 4 is 23.7 Å². The number of imidazole rings is 1. The van der Waals surface area contributed by atoms with Gasteiger partial charge in [0.25, 0.3) is 0 Å². The minimum Gasteiger partial charge on any atom is -0.351 e. The highest BCUT2D eigenvalue weighted by atomic mass is 32.2. The number of carbonyl (C=O) groups excluding carboxylic acids is 2. The zero-order valence-corrected chi connectivity index (χ0v) is 17.8. The van der Waals surface area contributed by atoms with Crippen LogP contribution >= 0.6 is 11.8 Å². The number of rotatable bonds is 6. The zero-order valence-electron chi connectivity index (χ0n) is 17.0. The van der Waals surface area contributed by atoms with Crippen molar-refractivity contribution in [1.29, 1.82) is 0 Å². The van der Waals surface area contributed by atoms with Gasteiger partial charge in [0.2, 0.25) is 5.91 Å². The monoisotopic (exact) mass is 392 g/mol. The predicted octanol–water partition coefficient (Wildman–Crippen LogP) is 3.81. The Morgan fingerprint density at radius 2 is 1.93 bits per heavy atom. The summed E-state index contributed by atoms with van der Waals surface area (Å²) in [6, 6.07) is -0.437. The fraction of sp³-hybridized carbons (Fsp3) is 0.750. The lowest BCUT2D eigenvalue weighted by molar-refractivity contribution is -0.120. The van der Waals surface area contributed by atoms with Crippen molar-refractivity contribution in [2.45, 2.75) is 76.8 Å². The normalized spacial score (nSPS) is 26.4. The number of thioether (sulfide) groups is 1. The summed E-state index contributed by atoms with van der Waals surface area (Å²) in [6.45, 7) is 10.4. The molecule has 0 unspecified atom stereocenters. The number of nitrogens with zero attached hydrogens (tertiary/aromatic N) is 2. The molecule has 27 heavy (non-hydrogen) atoms. The Bertz CT molecular complexity index is 730. The summed E-state index contributed by atoms with van der Waals surface area (Å²) in [5.74, 6) is 2.11. The van der Waals surface area contributed by atoms with Gasteiger partial charge in [-0.2, -0.15) is 0 Å². The first-order valence-corrected chi connectivity index (χ1v) is 10.9. The second-order valence-corrected chi connectivity index (χ2v) is 9.76. The van der Waals surface area contributed by atoms with Crippen molar-refractivity contribution in [3.8, 4) is 0 Å². The Balaban J connectivity index is 1.86. The molecule has 1 heterocycles. The maximum atomic E-state index is 12.5. The highest BCUT2D eigenvalue weighted by molar-refractivity contribution is 8.00. The summed E-state index contributed by atoms with van der Waals surface area (Å²) < 4.78 is 2.33. The van der Waals surface area contributed by atoms with E-state index in [1.807, 2.05) is 20.8 Å². The molecule has 1 aromatic heterocycles. The Morgan fingerprint density at radius 1 is 1.22 bits per heavy atom. The molecule has 3 rings (SSSR count). The first kappa shape index (κ1) is 20.2. The highest BCUT2D eigenvalue weighted by Crippen LogP contribution is 2.52. The van der Waals surface area contributed by atoms with Gasteiger partial charge in [-0.15, -0.1) is 0 Å². The summed E-state index contributed by atoms with van der Waals surface area (Å²) in [6.07, 6.45) is 5.42. The van der Waals surface area contributed by atoms with E-state index in [-0.39, 0.29) is 11.8 Å². The Labute approximate surface area is 166 Å². The number of urea groups is 1. The van der Waals surface area contributed by atoms with Gasteiger partial charge in [0.1, 0.15) is 0 Å². The summed E-state index contributed by atoms with van der Waals surface area (Å²) in [7, 11) is 0. The minimum atomic E-state index is -0.808. The fourth-order valence-corrected chi connectivity index (χ4v) is 6.31. The van der Waals surface area contributed by atoms with Crippen LogP contribution < -0.4 is 11.1 Å². The van der Waals surface area contributed by atoms with Crippen molar-refractivity contribution in [2.75, 3.05) is 0 Å². The van der Waals surface area contributed by atoms with Crippen molar-refractivity contribution in [1.82, 2.24) is 14.9 Å². The van der Waals surface area contributed by atoms with Crippen LogP contribution in [0.3, 0.4) is 0 Å². The van der Waals surface area contributed by atoms with Crippen molar-refractivity contribution < 1.29 is 9.59 Å². The average Bonchev–Trinajstić information content (AvgIpc) is 3.27. The largest absolute Gasteiger partial charge is 0.351 e. The maximum Gasteiger partial charge on any atom is 0.318 e. The standard InChI is InChI=1S/C20H32N4O2S/c1-10(2)17(18(25)23-19(21)26)27-20-22-11(3)12(4)24(20)13(5)16-9-14-6-7-15(16)8-14/h10,13-17H,6-9H2,1-5H3,(H3,21,23,25,26)/t13-,14+,15+,16+,17+/m1/s1. The van der Waals surface area contributed by atoms with E-state index in [2.05, 4.69) is 23.7 Å². The van der Waals surface area contributed by atoms with Crippen LogP contribution in [0.25, 0.3) is 0 Å². The van der Waals surface area contributed by atoms with Gasteiger partial charge >= 0.3 is 6.03 Å². The SMILES string of the molecule is Cc1nc(S[C@H](C(=O)NC(N)=O)C(C)C)n([C@H](C)[C@@H]2C[C@H]3CC[C@H]2C3)c1C. The number of fused-ring (bicyclic) bond motifs is 2. The molecule has 150 valence electrons. The number of amides is 3. The summed E-state index contributed by atoms with van der Waals surface area (Å²) in [5.41, 5.74) is 7.32. The number of hydrogen-bond donors (Lipinski definition) is 2. The predicted molar refractivity (Wildman–Crippen MR) is 108 cm³/mol. The smallest absolute Gasteiger partial charge is 0.318 e. The maximum absolute atomic E-state index is 12.5. The van der Waals surface area contributed by atoms with Crippen molar-refractivity contribution in [2.24, 2.45) is 29.4 Å². The van der Waals surface area contributed by atoms with E-state index in [4.69, 9.17) is 10.7 Å². The van der Waals surface area contributed by atoms with Crippen LogP contribution in [-0.4, -0.2) is 26.7 Å². The van der Waals surface area contributed by atoms with Crippen molar-refractivity contribution in [3.05, 3.63) is 11.4 Å². The molecule has 2 bridgehead atoms. The molecule has 0 aromatic carbocycles. The van der Waals surface area contributed by atoms with Crippen molar-refractivity contribution in [3.63, 3.8) is 0 Å². The van der Waals surface area contributed by atoms with Gasteiger partial charge in [-0.1, -0.05) is 32.0 Å². The average molecular weight is 393 g/mol. The van der Waals surface area contributed by atoms with Gasteiger partial charge in [-0.05, 0) is 63.7 Å². The molecule has 1 aromatic rings. The minimum absolute atomic E-state index is 0.0536. The number of imide groups is 1. The summed E-state index contributed by atoms with van der Waals surface area (Å²) >= 11 is 1.45. The van der Waals surface area contributed by atoms with Gasteiger partial charge in [0.15, 0.2) is 5.16 Å². The number of nitrogens with one attached hydrogen (secondary N) is 1. The third-order valence-electron chi connectivity index (χ3n) is 6.52. The molecule has 2 aliphatic rings. The number of aryl methyl sites for hydroxylation is 1. The first-order valence-electron chi connectivity index (χ1n) is 10.0. The van der Waals surface area contributed by atoms with E-state index < -0.39 is 11.3 Å². The Hall–Kier alpha value is -1.50. The van der Waals surface area contributed by atoms with E-state index in [1.54, 1.807) is 0 Å². The molecule has 5 atom stereocenters. The van der Waals surface area contributed by atoms with Crippen LogP contribution in [0.2, 0.25) is 0 Å². The van der Waals surface area contributed by atoms with E-state index in [0.717, 1.165) is 22.7 Å². The van der Waals surface area contributed by atoms with Gasteiger partial charge < -0.3 is 10.3 Å². The van der Waals surface area contributed by atoms with Crippen LogP contribution in [-0.2, 0) is 4.79 Å². The van der Waals surface area contributed by atoms with Gasteiger partial charge in [0.05, 0.1) is 10.9 Å². The highest BCUT2D eigenvalue weighted by Gasteiger charge is 2.43. The van der Waals surface area contributed by atoms with E-state index in [1.165, 1.54) is 43.1 Å². The lowest BCUT2D eigenvalue weighted by atomic mass is 9.84. The second-order valence-electron chi connectivity index (χ2n) is 8.65.